The van der Waals surface area contributed by atoms with Crippen LogP contribution >= 0.6 is 0 Å². The van der Waals surface area contributed by atoms with Gasteiger partial charge in [-0.2, -0.15) is 0 Å². The molecule has 3 heteroatoms. The summed E-state index contributed by atoms with van der Waals surface area (Å²) in [7, 11) is 0. The molecule has 0 spiro atoms. The number of hydrogen-bond donors (Lipinski definition) is 0. The van der Waals surface area contributed by atoms with Crippen LogP contribution in [0.25, 0.3) is 0 Å². The van der Waals surface area contributed by atoms with Crippen LogP contribution in [0.5, 0.6) is 0 Å². The Bertz CT molecular complexity index is 16.8. The zero-order chi connectivity index (χ0) is 2.83. The van der Waals surface area contributed by atoms with Crippen molar-refractivity contribution in [2.45, 2.75) is 14.7 Å². The second-order valence-electron chi connectivity index (χ2n) is 1.10. The predicted molar refractivity (Wildman–Crippen MR) is 14.2 cm³/mol. The van der Waals surface area contributed by atoms with E-state index in [0.29, 0.717) is 23.2 Å². The van der Waals surface area contributed by atoms with Crippen LogP contribution in [0, 0.1) is 0 Å². The molecule has 1 heterocycles. The molecule has 0 aromatic rings. The van der Waals surface area contributed by atoms with Crippen molar-refractivity contribution >= 4 is 0 Å². The third kappa shape index (κ3) is 3.65. The first-order chi connectivity index (χ1) is 2.00. The largest absolute Gasteiger partial charge is 1.00 e. The van der Waals surface area contributed by atoms with Crippen molar-refractivity contribution in [3.8, 4) is 0 Å². The fraction of sp³-hybridized carbons (Fsp3) is 1.00. The van der Waals surface area contributed by atoms with Crippen LogP contribution in [0.4, 0.5) is 0 Å². The Balaban J connectivity index is 0. The van der Waals surface area contributed by atoms with E-state index < -0.39 is 0 Å². The maximum absolute atomic E-state index is 1.67. The molecular weight excluding hydrogens is 198 g/mol. The molecule has 0 aromatic carbocycles. The summed E-state index contributed by atoms with van der Waals surface area (Å²) in [6.07, 6.45) is 1.58. The number of hydrogen-bond acceptors (Lipinski definition) is 0. The van der Waals surface area contributed by atoms with Gasteiger partial charge in [-0.25, -0.2) is 0 Å². The normalized spacial score (nSPS) is 13.3. The summed E-state index contributed by atoms with van der Waals surface area (Å²) >= 11 is 0.404. The Morgan fingerprint density at radius 1 is 1.00 bits per heavy atom. The molecule has 1 saturated heterocycles. The van der Waals surface area contributed by atoms with Crippen molar-refractivity contribution < 1.29 is 48.0 Å². The minimum absolute atomic E-state index is 0. The van der Waals surface area contributed by atoms with Crippen LogP contribution in [0.3, 0.4) is 0 Å². The summed E-state index contributed by atoms with van der Waals surface area (Å²) in [5.41, 5.74) is 0. The third-order valence-corrected chi connectivity index (χ3v) is 4.18. The van der Waals surface area contributed by atoms with Crippen molar-refractivity contribution in [2.24, 2.45) is 0 Å². The van der Waals surface area contributed by atoms with E-state index in [9.17, 15) is 0 Å². The Morgan fingerprint density at radius 2 is 1.17 bits per heavy atom. The Labute approximate surface area is 62.5 Å². The number of rotatable bonds is 0. The second-order valence-corrected chi connectivity index (χ2v) is 4.79. The first-order valence-electron chi connectivity index (χ1n) is 1.71. The minimum atomic E-state index is 0. The van der Waals surface area contributed by atoms with Crippen molar-refractivity contribution in [3.05, 3.63) is 0 Å². The van der Waals surface area contributed by atoms with Crippen LogP contribution in [0.1, 0.15) is 6.42 Å². The average molecular weight is 204 g/mol. The van der Waals surface area contributed by atoms with Crippen LogP contribution < -0.4 is 24.8 Å². The summed E-state index contributed by atoms with van der Waals surface area (Å²) in [6.45, 7) is 0. The maximum Gasteiger partial charge on any atom is -1.00 e. The Morgan fingerprint density at radius 3 is 1.17 bits per heavy atom. The van der Waals surface area contributed by atoms with E-state index in [2.05, 4.69) is 0 Å². The quantitative estimate of drug-likeness (QED) is 0.372. The van der Waals surface area contributed by atoms with Crippen LogP contribution in [-0.2, 0) is 23.2 Å². The molecule has 0 bridgehead atoms. The van der Waals surface area contributed by atoms with Gasteiger partial charge in [-0.15, -0.1) is 0 Å². The standard InChI is InChI=1S/C3H6.2ClH.Zr/c1-3-2;;;/h1-3H2;2*1H;/q;;;+2/p-2. The molecule has 1 aliphatic rings. The summed E-state index contributed by atoms with van der Waals surface area (Å²) in [4.78, 5) is 0. The van der Waals surface area contributed by atoms with Gasteiger partial charge in [0.15, 0.2) is 0 Å². The minimum Gasteiger partial charge on any atom is -1.00 e. The third-order valence-electron chi connectivity index (χ3n) is 0.707. The molecule has 0 saturated carbocycles. The van der Waals surface area contributed by atoms with Crippen molar-refractivity contribution in [2.75, 3.05) is 0 Å². The van der Waals surface area contributed by atoms with Gasteiger partial charge in [0.2, 0.25) is 0 Å². The molecule has 36 valence electrons. The van der Waals surface area contributed by atoms with E-state index >= 15 is 0 Å². The fourth-order valence-electron chi connectivity index (χ4n) is 0.177. The van der Waals surface area contributed by atoms with Gasteiger partial charge in [0, 0.05) is 0 Å². The van der Waals surface area contributed by atoms with E-state index in [0.717, 1.165) is 0 Å². The smallest absolute Gasteiger partial charge is 1.00 e. The van der Waals surface area contributed by atoms with Crippen molar-refractivity contribution in [3.63, 3.8) is 0 Å². The number of halogens is 2. The molecule has 0 aromatic heterocycles. The summed E-state index contributed by atoms with van der Waals surface area (Å²) in [5.74, 6) is 0. The van der Waals surface area contributed by atoms with Crippen LogP contribution in [-0.4, -0.2) is 0 Å². The molecule has 0 aliphatic carbocycles. The van der Waals surface area contributed by atoms with Gasteiger partial charge in [-0.1, -0.05) is 0 Å². The monoisotopic (exact) mass is 202 g/mol. The average Bonchev–Trinajstić information content (AvgIpc) is 0.722. The van der Waals surface area contributed by atoms with E-state index in [1.165, 1.54) is 0 Å². The van der Waals surface area contributed by atoms with Gasteiger partial charge in [-0.3, -0.25) is 0 Å². The maximum atomic E-state index is 1.67. The molecule has 0 radical (unpaired) electrons. The first-order valence-corrected chi connectivity index (χ1v) is 5.18. The van der Waals surface area contributed by atoms with Gasteiger partial charge < -0.3 is 24.8 Å². The molecule has 0 amide bonds. The van der Waals surface area contributed by atoms with Gasteiger partial charge >= 0.3 is 37.9 Å². The van der Waals surface area contributed by atoms with Gasteiger partial charge in [0.05, 0.1) is 0 Å². The van der Waals surface area contributed by atoms with E-state index in [1.807, 2.05) is 0 Å². The zero-order valence-electron chi connectivity index (χ0n) is 3.38. The van der Waals surface area contributed by atoms with Gasteiger partial charge in [0.1, 0.15) is 0 Å². The summed E-state index contributed by atoms with van der Waals surface area (Å²) < 4.78 is 3.34. The first kappa shape index (κ1) is 10.4. The second kappa shape index (κ2) is 6.46. The van der Waals surface area contributed by atoms with Crippen molar-refractivity contribution in [1.29, 1.82) is 0 Å². The molecule has 0 N–H and O–H groups in total. The van der Waals surface area contributed by atoms with Crippen LogP contribution in [0.15, 0.2) is 0 Å². The zero-order valence-corrected chi connectivity index (χ0v) is 7.35. The summed E-state index contributed by atoms with van der Waals surface area (Å²) in [5, 5.41) is 0. The molecule has 0 atom stereocenters. The fourth-order valence-corrected chi connectivity index (χ4v) is 1.05. The van der Waals surface area contributed by atoms with E-state index in [1.54, 1.807) is 14.7 Å². The molecule has 6 heavy (non-hydrogen) atoms. The SMILES string of the molecule is C1[CH2][Zr+2][CH2]1.[Cl-].[Cl-]. The molecule has 1 aliphatic heterocycles. The topological polar surface area (TPSA) is 0 Å². The predicted octanol–water partition coefficient (Wildman–Crippen LogP) is -4.68. The van der Waals surface area contributed by atoms with Gasteiger partial charge in [-0.05, 0) is 0 Å². The molecule has 0 nitrogen and oxygen atoms in total. The molecule has 0 unspecified atom stereocenters. The summed E-state index contributed by atoms with van der Waals surface area (Å²) in [6, 6.07) is 0. The molecule has 1 rings (SSSR count). The Kier molecular flexibility index (Phi) is 11.3. The van der Waals surface area contributed by atoms with Crippen LogP contribution in [0.2, 0.25) is 8.26 Å². The van der Waals surface area contributed by atoms with Crippen molar-refractivity contribution in [1.82, 2.24) is 0 Å². The molecular formula is C3H6Cl2Zr. The molecule has 1 fully saturated rings. The van der Waals surface area contributed by atoms with Gasteiger partial charge in [0.25, 0.3) is 0 Å². The Hall–Kier alpha value is 1.46. The van der Waals surface area contributed by atoms with E-state index in [-0.39, 0.29) is 24.8 Å². The van der Waals surface area contributed by atoms with E-state index in [4.69, 9.17) is 0 Å².